The molecule has 0 heterocycles. The summed E-state index contributed by atoms with van der Waals surface area (Å²) >= 11 is 0. The highest BCUT2D eigenvalue weighted by Crippen LogP contribution is 2.28. The highest BCUT2D eigenvalue weighted by Gasteiger charge is 2.28. The number of aliphatic imine (C=N–C) groups is 1. The van der Waals surface area contributed by atoms with Crippen LogP contribution in [0.4, 0.5) is 0 Å². The first kappa shape index (κ1) is 24.0. The second-order valence-electron chi connectivity index (χ2n) is 7.11. The fraction of sp³-hybridized carbons (Fsp3) is 0.391. The van der Waals surface area contributed by atoms with Gasteiger partial charge in [-0.25, -0.2) is 4.99 Å². The van der Waals surface area contributed by atoms with E-state index in [9.17, 15) is 4.79 Å². The van der Waals surface area contributed by atoms with Gasteiger partial charge in [0.15, 0.2) is 5.96 Å². The van der Waals surface area contributed by atoms with E-state index in [1.165, 1.54) is 0 Å². The van der Waals surface area contributed by atoms with Crippen LogP contribution in [0, 0.1) is 5.92 Å². The van der Waals surface area contributed by atoms with E-state index in [0.717, 1.165) is 42.2 Å². The first-order chi connectivity index (χ1) is 14.2. The van der Waals surface area contributed by atoms with Crippen LogP contribution in [0.3, 0.4) is 0 Å². The SMILES string of the molecule is CCNC(=NCc1cccc(OCc2ccccc2)c1)NCCNC(=O)C1CC1.I. The van der Waals surface area contributed by atoms with Gasteiger partial charge in [-0.15, -0.1) is 24.0 Å². The van der Waals surface area contributed by atoms with Gasteiger partial charge < -0.3 is 20.7 Å². The minimum atomic E-state index is 0. The third-order valence-corrected chi connectivity index (χ3v) is 4.58. The molecule has 1 aliphatic rings. The number of hydrogen-bond donors (Lipinski definition) is 3. The first-order valence-electron chi connectivity index (χ1n) is 10.3. The van der Waals surface area contributed by atoms with Crippen LogP contribution in [0.2, 0.25) is 0 Å². The van der Waals surface area contributed by atoms with Gasteiger partial charge in [0, 0.05) is 25.6 Å². The minimum absolute atomic E-state index is 0. The lowest BCUT2D eigenvalue weighted by atomic mass is 10.2. The lowest BCUT2D eigenvalue weighted by Gasteiger charge is -2.12. The number of rotatable bonds is 10. The molecule has 6 nitrogen and oxygen atoms in total. The van der Waals surface area contributed by atoms with Crippen LogP contribution in [0.5, 0.6) is 5.75 Å². The van der Waals surface area contributed by atoms with E-state index in [1.807, 2.05) is 49.4 Å². The standard InChI is InChI=1S/C23H30N4O2.HI/c1-2-24-23(26-14-13-25-22(28)20-11-12-20)27-16-19-9-6-10-21(15-19)29-17-18-7-4-3-5-8-18;/h3-10,15,20H,2,11-14,16-17H2,1H3,(H,25,28)(H2,24,26,27);1H. The molecule has 1 amide bonds. The average molecular weight is 522 g/mol. The van der Waals surface area contributed by atoms with Crippen molar-refractivity contribution < 1.29 is 9.53 Å². The largest absolute Gasteiger partial charge is 0.489 e. The summed E-state index contributed by atoms with van der Waals surface area (Å²) in [7, 11) is 0. The number of carbonyl (C=O) groups excluding carboxylic acids is 1. The zero-order chi connectivity index (χ0) is 20.3. The van der Waals surface area contributed by atoms with Crippen molar-refractivity contribution in [3.63, 3.8) is 0 Å². The zero-order valence-corrected chi connectivity index (χ0v) is 19.7. The molecule has 0 bridgehead atoms. The van der Waals surface area contributed by atoms with E-state index < -0.39 is 0 Å². The molecule has 1 fully saturated rings. The monoisotopic (exact) mass is 522 g/mol. The van der Waals surface area contributed by atoms with Gasteiger partial charge in [0.25, 0.3) is 0 Å². The van der Waals surface area contributed by atoms with E-state index in [-0.39, 0.29) is 35.8 Å². The van der Waals surface area contributed by atoms with Crippen molar-refractivity contribution in [3.05, 3.63) is 65.7 Å². The van der Waals surface area contributed by atoms with E-state index >= 15 is 0 Å². The smallest absolute Gasteiger partial charge is 0.223 e. The Balaban J connectivity index is 0.00000320. The maximum absolute atomic E-state index is 11.7. The number of nitrogens with zero attached hydrogens (tertiary/aromatic N) is 1. The van der Waals surface area contributed by atoms with E-state index in [2.05, 4.69) is 33.1 Å². The Bertz CT molecular complexity index is 810. The lowest BCUT2D eigenvalue weighted by molar-refractivity contribution is -0.122. The predicted molar refractivity (Wildman–Crippen MR) is 131 cm³/mol. The minimum Gasteiger partial charge on any atom is -0.489 e. The van der Waals surface area contributed by atoms with Gasteiger partial charge in [0.2, 0.25) is 5.91 Å². The van der Waals surface area contributed by atoms with Crippen molar-refractivity contribution in [2.24, 2.45) is 10.9 Å². The zero-order valence-electron chi connectivity index (χ0n) is 17.4. The van der Waals surface area contributed by atoms with Gasteiger partial charge >= 0.3 is 0 Å². The average Bonchev–Trinajstić information content (AvgIpc) is 3.60. The summed E-state index contributed by atoms with van der Waals surface area (Å²) in [5.41, 5.74) is 2.22. The molecule has 3 N–H and O–H groups in total. The molecule has 162 valence electrons. The second-order valence-corrected chi connectivity index (χ2v) is 7.11. The van der Waals surface area contributed by atoms with Crippen LogP contribution >= 0.6 is 24.0 Å². The normalized spacial score (nSPS) is 13.2. The molecule has 2 aromatic carbocycles. The molecule has 0 saturated heterocycles. The number of guanidine groups is 1. The number of amides is 1. The Labute approximate surface area is 195 Å². The molecule has 0 unspecified atom stereocenters. The van der Waals surface area contributed by atoms with Gasteiger partial charge in [-0.1, -0.05) is 42.5 Å². The van der Waals surface area contributed by atoms with Crippen LogP contribution in [-0.4, -0.2) is 31.5 Å². The van der Waals surface area contributed by atoms with E-state index in [1.54, 1.807) is 0 Å². The third kappa shape index (κ3) is 8.61. The highest BCUT2D eigenvalue weighted by atomic mass is 127. The molecule has 1 saturated carbocycles. The molecule has 0 atom stereocenters. The van der Waals surface area contributed by atoms with E-state index in [4.69, 9.17) is 4.74 Å². The fourth-order valence-electron chi connectivity index (χ4n) is 2.84. The van der Waals surface area contributed by atoms with Crippen molar-refractivity contribution in [3.8, 4) is 5.75 Å². The van der Waals surface area contributed by atoms with Crippen LogP contribution in [0.25, 0.3) is 0 Å². The Hall–Kier alpha value is -2.29. The van der Waals surface area contributed by atoms with Gasteiger partial charge in [-0.05, 0) is 43.0 Å². The number of ether oxygens (including phenoxy) is 1. The van der Waals surface area contributed by atoms with Crippen molar-refractivity contribution in [2.45, 2.75) is 32.9 Å². The van der Waals surface area contributed by atoms with Gasteiger partial charge in [0.1, 0.15) is 12.4 Å². The summed E-state index contributed by atoms with van der Waals surface area (Å²) in [6, 6.07) is 18.1. The molecule has 30 heavy (non-hydrogen) atoms. The fourth-order valence-corrected chi connectivity index (χ4v) is 2.84. The van der Waals surface area contributed by atoms with Crippen molar-refractivity contribution >= 4 is 35.8 Å². The molecular weight excluding hydrogens is 491 g/mol. The Morgan fingerprint density at radius 2 is 1.73 bits per heavy atom. The molecular formula is C23H31IN4O2. The highest BCUT2D eigenvalue weighted by molar-refractivity contribution is 14.0. The van der Waals surface area contributed by atoms with Crippen LogP contribution in [0.15, 0.2) is 59.6 Å². The van der Waals surface area contributed by atoms with Crippen LogP contribution in [-0.2, 0) is 17.9 Å². The van der Waals surface area contributed by atoms with Gasteiger partial charge in [0.05, 0.1) is 6.54 Å². The predicted octanol–water partition coefficient (Wildman–Crippen LogP) is 3.46. The molecule has 7 heteroatoms. The van der Waals surface area contributed by atoms with Crippen molar-refractivity contribution in [1.82, 2.24) is 16.0 Å². The second kappa shape index (κ2) is 13.1. The number of halogens is 1. The summed E-state index contributed by atoms with van der Waals surface area (Å²) < 4.78 is 5.89. The topological polar surface area (TPSA) is 74.8 Å². The molecule has 0 radical (unpaired) electrons. The summed E-state index contributed by atoms with van der Waals surface area (Å²) in [5, 5.41) is 9.44. The summed E-state index contributed by atoms with van der Waals surface area (Å²) in [6.45, 7) is 5.15. The van der Waals surface area contributed by atoms with Gasteiger partial charge in [-0.2, -0.15) is 0 Å². The summed E-state index contributed by atoms with van der Waals surface area (Å²) in [5.74, 6) is 1.99. The molecule has 3 rings (SSSR count). The summed E-state index contributed by atoms with van der Waals surface area (Å²) in [4.78, 5) is 16.3. The number of carbonyl (C=O) groups is 1. The Morgan fingerprint density at radius 1 is 1.00 bits per heavy atom. The summed E-state index contributed by atoms with van der Waals surface area (Å²) in [6.07, 6.45) is 2.05. The quantitative estimate of drug-likeness (QED) is 0.194. The number of hydrogen-bond acceptors (Lipinski definition) is 3. The number of benzene rings is 2. The molecule has 2 aromatic rings. The third-order valence-electron chi connectivity index (χ3n) is 4.58. The van der Waals surface area contributed by atoms with Crippen LogP contribution in [0.1, 0.15) is 30.9 Å². The van der Waals surface area contributed by atoms with Crippen LogP contribution < -0.4 is 20.7 Å². The maximum atomic E-state index is 11.7. The Morgan fingerprint density at radius 3 is 2.47 bits per heavy atom. The van der Waals surface area contributed by atoms with Crippen molar-refractivity contribution in [2.75, 3.05) is 19.6 Å². The van der Waals surface area contributed by atoms with Gasteiger partial charge in [-0.3, -0.25) is 4.79 Å². The molecule has 0 aliphatic heterocycles. The van der Waals surface area contributed by atoms with E-state index in [0.29, 0.717) is 26.2 Å². The molecule has 0 aromatic heterocycles. The lowest BCUT2D eigenvalue weighted by Crippen LogP contribution is -2.41. The Kier molecular flexibility index (Phi) is 10.5. The number of nitrogens with one attached hydrogen (secondary N) is 3. The maximum Gasteiger partial charge on any atom is 0.223 e. The van der Waals surface area contributed by atoms with Crippen molar-refractivity contribution in [1.29, 1.82) is 0 Å². The first-order valence-corrected chi connectivity index (χ1v) is 10.3. The molecule has 0 spiro atoms. The molecule has 1 aliphatic carbocycles.